The third-order valence-corrected chi connectivity index (χ3v) is 7.64. The Morgan fingerprint density at radius 1 is 1.30 bits per heavy atom. The zero-order chi connectivity index (χ0) is 23.4. The number of hydrogen-bond donors (Lipinski definition) is 1. The van der Waals surface area contributed by atoms with Gasteiger partial charge in [-0.3, -0.25) is 9.78 Å². The van der Waals surface area contributed by atoms with Crippen LogP contribution in [-0.4, -0.2) is 44.0 Å². The van der Waals surface area contributed by atoms with Crippen molar-refractivity contribution in [1.82, 2.24) is 19.7 Å². The maximum atomic E-state index is 12.8. The van der Waals surface area contributed by atoms with Gasteiger partial charge in [-0.2, -0.15) is 0 Å². The van der Waals surface area contributed by atoms with Gasteiger partial charge in [-0.25, -0.2) is 4.79 Å². The standard InChI is InChI=1S/C23H27N5O3S2/c1-4-28-20(16-8-6-7-11-24-16)26-27-23(28)32-13-18(29)25-21-19(22(30)31-5-2)15-10-9-14(3)12-17(15)33-21/h6-8,11,14H,4-5,9-10,12-13H2,1-3H3,(H,25,29). The first-order valence-corrected chi connectivity index (χ1v) is 12.9. The molecular formula is C23H27N5O3S2. The van der Waals surface area contributed by atoms with E-state index in [1.165, 1.54) is 28.0 Å². The van der Waals surface area contributed by atoms with Gasteiger partial charge in [-0.05, 0) is 56.7 Å². The number of pyridine rings is 1. The van der Waals surface area contributed by atoms with E-state index in [9.17, 15) is 9.59 Å². The number of anilines is 1. The fraction of sp³-hybridized carbons (Fsp3) is 0.435. The Morgan fingerprint density at radius 3 is 2.88 bits per heavy atom. The lowest BCUT2D eigenvalue weighted by Gasteiger charge is -2.18. The van der Waals surface area contributed by atoms with E-state index in [1.54, 1.807) is 13.1 Å². The number of ether oxygens (including phenoxy) is 1. The summed E-state index contributed by atoms with van der Waals surface area (Å²) in [6.07, 6.45) is 4.51. The minimum atomic E-state index is -0.363. The second-order valence-electron chi connectivity index (χ2n) is 7.88. The zero-order valence-electron chi connectivity index (χ0n) is 19.0. The van der Waals surface area contributed by atoms with E-state index in [0.29, 0.717) is 40.6 Å². The molecule has 1 amide bonds. The van der Waals surface area contributed by atoms with Gasteiger partial charge in [0, 0.05) is 17.6 Å². The summed E-state index contributed by atoms with van der Waals surface area (Å²) >= 11 is 2.81. The summed E-state index contributed by atoms with van der Waals surface area (Å²) in [6.45, 7) is 6.96. The monoisotopic (exact) mass is 485 g/mol. The molecule has 1 aliphatic rings. The topological polar surface area (TPSA) is 99.0 Å². The zero-order valence-corrected chi connectivity index (χ0v) is 20.6. The van der Waals surface area contributed by atoms with Crippen LogP contribution in [0.25, 0.3) is 11.5 Å². The van der Waals surface area contributed by atoms with Crippen molar-refractivity contribution in [2.75, 3.05) is 17.7 Å². The Hall–Kier alpha value is -2.72. The molecule has 1 atom stereocenters. The molecule has 0 fully saturated rings. The van der Waals surface area contributed by atoms with E-state index in [2.05, 4.69) is 27.4 Å². The van der Waals surface area contributed by atoms with Gasteiger partial charge in [0.1, 0.15) is 10.7 Å². The van der Waals surface area contributed by atoms with Gasteiger partial charge >= 0.3 is 5.97 Å². The van der Waals surface area contributed by atoms with Gasteiger partial charge in [0.25, 0.3) is 0 Å². The van der Waals surface area contributed by atoms with E-state index < -0.39 is 0 Å². The fourth-order valence-electron chi connectivity index (χ4n) is 3.92. The molecule has 1 N–H and O–H groups in total. The van der Waals surface area contributed by atoms with Crippen molar-refractivity contribution in [1.29, 1.82) is 0 Å². The van der Waals surface area contributed by atoms with E-state index in [0.717, 1.165) is 30.5 Å². The number of esters is 1. The number of rotatable bonds is 8. The minimum absolute atomic E-state index is 0.154. The molecule has 8 nitrogen and oxygen atoms in total. The van der Waals surface area contributed by atoms with Gasteiger partial charge < -0.3 is 14.6 Å². The number of nitrogens with one attached hydrogen (secondary N) is 1. The molecule has 0 bridgehead atoms. The Balaban J connectivity index is 1.49. The van der Waals surface area contributed by atoms with Crippen molar-refractivity contribution in [3.63, 3.8) is 0 Å². The molecular weight excluding hydrogens is 458 g/mol. The van der Waals surface area contributed by atoms with Crippen LogP contribution >= 0.6 is 23.1 Å². The molecule has 3 aromatic rings. The van der Waals surface area contributed by atoms with E-state index in [1.807, 2.05) is 29.7 Å². The summed E-state index contributed by atoms with van der Waals surface area (Å²) in [5.74, 6) is 0.840. The van der Waals surface area contributed by atoms with Gasteiger partial charge in [-0.15, -0.1) is 21.5 Å². The number of aromatic nitrogens is 4. The summed E-state index contributed by atoms with van der Waals surface area (Å²) in [4.78, 5) is 31.0. The summed E-state index contributed by atoms with van der Waals surface area (Å²) in [7, 11) is 0. The Kier molecular flexibility index (Phi) is 7.44. The third kappa shape index (κ3) is 5.11. The predicted molar refractivity (Wildman–Crippen MR) is 130 cm³/mol. The molecule has 0 radical (unpaired) electrons. The van der Waals surface area contributed by atoms with Crippen LogP contribution < -0.4 is 5.32 Å². The molecule has 0 saturated heterocycles. The highest BCUT2D eigenvalue weighted by Crippen LogP contribution is 2.40. The maximum Gasteiger partial charge on any atom is 0.341 e. The normalized spacial score (nSPS) is 15.2. The van der Waals surface area contributed by atoms with Gasteiger partial charge in [0.15, 0.2) is 11.0 Å². The average molecular weight is 486 g/mol. The van der Waals surface area contributed by atoms with Crippen molar-refractivity contribution in [2.24, 2.45) is 5.92 Å². The van der Waals surface area contributed by atoms with Crippen LogP contribution in [0, 0.1) is 5.92 Å². The minimum Gasteiger partial charge on any atom is -0.462 e. The van der Waals surface area contributed by atoms with Gasteiger partial charge in [0.2, 0.25) is 5.91 Å². The summed E-state index contributed by atoms with van der Waals surface area (Å²) in [5.41, 5.74) is 2.29. The third-order valence-electron chi connectivity index (χ3n) is 5.50. The molecule has 10 heteroatoms. The molecule has 0 saturated carbocycles. The summed E-state index contributed by atoms with van der Waals surface area (Å²) in [6, 6.07) is 5.64. The number of nitrogens with zero attached hydrogens (tertiary/aromatic N) is 4. The van der Waals surface area contributed by atoms with E-state index in [4.69, 9.17) is 4.74 Å². The van der Waals surface area contributed by atoms with Crippen LogP contribution in [-0.2, 0) is 28.9 Å². The Labute approximate surface area is 201 Å². The van der Waals surface area contributed by atoms with Crippen LogP contribution in [0.3, 0.4) is 0 Å². The summed E-state index contributed by atoms with van der Waals surface area (Å²) in [5, 5.41) is 12.7. The molecule has 1 aliphatic carbocycles. The molecule has 33 heavy (non-hydrogen) atoms. The smallest absolute Gasteiger partial charge is 0.341 e. The van der Waals surface area contributed by atoms with Crippen molar-refractivity contribution in [3.8, 4) is 11.5 Å². The highest BCUT2D eigenvalue weighted by molar-refractivity contribution is 7.99. The molecule has 174 valence electrons. The fourth-order valence-corrected chi connectivity index (χ4v) is 6.13. The van der Waals surface area contributed by atoms with Crippen LogP contribution in [0.1, 0.15) is 48.0 Å². The highest BCUT2D eigenvalue weighted by Gasteiger charge is 2.29. The number of fused-ring (bicyclic) bond motifs is 1. The Morgan fingerprint density at radius 2 is 2.15 bits per heavy atom. The lowest BCUT2D eigenvalue weighted by Crippen LogP contribution is -2.18. The molecule has 0 spiro atoms. The van der Waals surface area contributed by atoms with Crippen molar-refractivity contribution in [2.45, 2.75) is 51.7 Å². The van der Waals surface area contributed by atoms with Crippen molar-refractivity contribution < 1.29 is 14.3 Å². The number of hydrogen-bond acceptors (Lipinski definition) is 8. The molecule has 1 unspecified atom stereocenters. The quantitative estimate of drug-likeness (QED) is 0.372. The van der Waals surface area contributed by atoms with E-state index in [-0.39, 0.29) is 17.6 Å². The van der Waals surface area contributed by atoms with Crippen LogP contribution in [0.15, 0.2) is 29.6 Å². The van der Waals surface area contributed by atoms with E-state index >= 15 is 0 Å². The van der Waals surface area contributed by atoms with Gasteiger partial charge in [0.05, 0.1) is 17.9 Å². The number of thiophene rings is 1. The predicted octanol–water partition coefficient (Wildman–Crippen LogP) is 4.45. The molecule has 0 aromatic carbocycles. The second kappa shape index (κ2) is 10.5. The van der Waals surface area contributed by atoms with Crippen molar-refractivity contribution >= 4 is 40.0 Å². The van der Waals surface area contributed by atoms with Crippen molar-refractivity contribution in [3.05, 3.63) is 40.4 Å². The van der Waals surface area contributed by atoms with Crippen LogP contribution in [0.5, 0.6) is 0 Å². The molecule has 3 heterocycles. The second-order valence-corrected chi connectivity index (χ2v) is 9.93. The average Bonchev–Trinajstić information content (AvgIpc) is 3.38. The van der Waals surface area contributed by atoms with Crippen LogP contribution in [0.4, 0.5) is 5.00 Å². The molecule has 3 aromatic heterocycles. The first-order valence-electron chi connectivity index (χ1n) is 11.1. The maximum absolute atomic E-state index is 12.8. The lowest BCUT2D eigenvalue weighted by atomic mass is 9.88. The highest BCUT2D eigenvalue weighted by atomic mass is 32.2. The molecule has 4 rings (SSSR count). The lowest BCUT2D eigenvalue weighted by molar-refractivity contribution is -0.113. The first-order chi connectivity index (χ1) is 16.0. The Bertz CT molecular complexity index is 1140. The largest absolute Gasteiger partial charge is 0.462 e. The number of carbonyl (C=O) groups excluding carboxylic acids is 2. The van der Waals surface area contributed by atoms with Crippen LogP contribution in [0.2, 0.25) is 0 Å². The molecule has 0 aliphatic heterocycles. The number of carbonyl (C=O) groups is 2. The number of amides is 1. The SMILES string of the molecule is CCOC(=O)c1c(NC(=O)CSc2nnc(-c3ccccn3)n2CC)sc2c1CCC(C)C2. The van der Waals surface area contributed by atoms with Gasteiger partial charge in [-0.1, -0.05) is 24.8 Å². The first kappa shape index (κ1) is 23.4. The summed E-state index contributed by atoms with van der Waals surface area (Å²) < 4.78 is 7.23. The number of thioether (sulfide) groups is 1.